The number of halogens is 2. The molecule has 0 aliphatic heterocycles. The molecular formula is C37H37ClFN3O2. The van der Waals surface area contributed by atoms with Crippen LogP contribution in [0.25, 0.3) is 33.5 Å². The zero-order valence-electron chi connectivity index (χ0n) is 25.2. The maximum Gasteiger partial charge on any atom is 0.251 e. The predicted octanol–water partition coefficient (Wildman–Crippen LogP) is 9.63. The highest BCUT2D eigenvalue weighted by molar-refractivity contribution is 6.30. The van der Waals surface area contributed by atoms with E-state index in [0.717, 1.165) is 40.6 Å². The Morgan fingerprint density at radius 2 is 1.73 bits per heavy atom. The van der Waals surface area contributed by atoms with Gasteiger partial charge in [0.1, 0.15) is 24.0 Å². The minimum atomic E-state index is -0.380. The molecule has 1 fully saturated rings. The maximum atomic E-state index is 15.8. The molecule has 0 saturated heterocycles. The van der Waals surface area contributed by atoms with Crippen LogP contribution in [0.4, 0.5) is 4.39 Å². The zero-order chi connectivity index (χ0) is 30.6. The molecule has 4 aromatic carbocycles. The van der Waals surface area contributed by atoms with Crippen LogP contribution in [0.3, 0.4) is 0 Å². The Morgan fingerprint density at radius 1 is 0.977 bits per heavy atom. The number of hydrogen-bond donors (Lipinski definition) is 1. The van der Waals surface area contributed by atoms with Crippen molar-refractivity contribution in [1.29, 1.82) is 0 Å². The average molecular weight is 610 g/mol. The number of amides is 1. The summed E-state index contributed by atoms with van der Waals surface area (Å²) in [4.78, 5) is 17.7. The summed E-state index contributed by atoms with van der Waals surface area (Å²) in [6.45, 7) is 4.85. The molecule has 6 rings (SSSR count). The van der Waals surface area contributed by atoms with Crippen molar-refractivity contribution in [1.82, 2.24) is 14.9 Å². The molecule has 7 heteroatoms. The minimum Gasteiger partial charge on any atom is -0.489 e. The lowest BCUT2D eigenvalue weighted by molar-refractivity contribution is 0.0949. The van der Waals surface area contributed by atoms with Gasteiger partial charge < -0.3 is 14.6 Å². The first-order valence-electron chi connectivity index (χ1n) is 15.4. The molecule has 1 aromatic heterocycles. The minimum absolute atomic E-state index is 0.140. The van der Waals surface area contributed by atoms with Gasteiger partial charge in [0, 0.05) is 29.2 Å². The van der Waals surface area contributed by atoms with Gasteiger partial charge in [-0.25, -0.2) is 9.37 Å². The molecule has 44 heavy (non-hydrogen) atoms. The summed E-state index contributed by atoms with van der Waals surface area (Å²) in [5.41, 5.74) is 5.61. The van der Waals surface area contributed by atoms with Gasteiger partial charge in [-0.3, -0.25) is 4.79 Å². The number of fused-ring (bicyclic) bond motifs is 1. The van der Waals surface area contributed by atoms with Crippen LogP contribution in [0.15, 0.2) is 84.9 Å². The molecule has 0 spiro atoms. The van der Waals surface area contributed by atoms with E-state index < -0.39 is 0 Å². The van der Waals surface area contributed by atoms with Gasteiger partial charge in [0.25, 0.3) is 5.91 Å². The summed E-state index contributed by atoms with van der Waals surface area (Å²) in [5.74, 6) is 0.885. The number of carbonyl (C=O) groups is 1. The Bertz CT molecular complexity index is 1770. The van der Waals surface area contributed by atoms with E-state index >= 15 is 4.39 Å². The molecule has 1 aliphatic carbocycles. The Kier molecular flexibility index (Phi) is 8.99. The van der Waals surface area contributed by atoms with Gasteiger partial charge in [-0.05, 0) is 84.0 Å². The van der Waals surface area contributed by atoms with Crippen LogP contribution < -0.4 is 10.1 Å². The van der Waals surface area contributed by atoms with Crippen LogP contribution in [0, 0.1) is 11.7 Å². The molecule has 5 nitrogen and oxygen atoms in total. The van der Waals surface area contributed by atoms with Crippen molar-refractivity contribution in [3.05, 3.63) is 107 Å². The van der Waals surface area contributed by atoms with Crippen LogP contribution in [-0.2, 0) is 6.61 Å². The lowest BCUT2D eigenvalue weighted by Crippen LogP contribution is -2.27. The van der Waals surface area contributed by atoms with Crippen molar-refractivity contribution < 1.29 is 13.9 Å². The highest BCUT2D eigenvalue weighted by Gasteiger charge is 2.24. The third-order valence-electron chi connectivity index (χ3n) is 8.30. The van der Waals surface area contributed by atoms with Crippen LogP contribution in [0.5, 0.6) is 5.75 Å². The molecule has 0 atom stereocenters. The van der Waals surface area contributed by atoms with E-state index in [1.807, 2.05) is 60.7 Å². The van der Waals surface area contributed by atoms with Crippen molar-refractivity contribution in [2.75, 3.05) is 6.54 Å². The molecule has 226 valence electrons. The third kappa shape index (κ3) is 6.51. The van der Waals surface area contributed by atoms with Crippen molar-refractivity contribution in [3.8, 4) is 28.3 Å². The first kappa shape index (κ1) is 29.9. The number of para-hydroxylation sites is 2. The number of nitrogens with zero attached hydrogens (tertiary/aromatic N) is 2. The van der Waals surface area contributed by atoms with Gasteiger partial charge in [0.2, 0.25) is 0 Å². The predicted molar refractivity (Wildman–Crippen MR) is 176 cm³/mol. The van der Waals surface area contributed by atoms with E-state index in [4.69, 9.17) is 21.3 Å². The highest BCUT2D eigenvalue weighted by Crippen LogP contribution is 2.37. The largest absolute Gasteiger partial charge is 0.489 e. The Hall–Kier alpha value is -4.16. The average Bonchev–Trinajstić information content (AvgIpc) is 3.42. The molecule has 1 aliphatic rings. The quantitative estimate of drug-likeness (QED) is 0.181. The normalized spacial score (nSPS) is 13.8. The van der Waals surface area contributed by atoms with E-state index in [1.165, 1.54) is 25.3 Å². The molecule has 1 amide bonds. The molecular weight excluding hydrogens is 573 g/mol. The van der Waals surface area contributed by atoms with E-state index in [0.29, 0.717) is 46.2 Å². The van der Waals surface area contributed by atoms with E-state index in [2.05, 4.69) is 29.8 Å². The molecule has 1 heterocycles. The second-order valence-electron chi connectivity index (χ2n) is 12.0. The maximum absolute atomic E-state index is 15.8. The number of hydrogen-bond acceptors (Lipinski definition) is 3. The fraction of sp³-hybridized carbons (Fsp3) is 0.297. The van der Waals surface area contributed by atoms with Crippen LogP contribution in [0.1, 0.15) is 67.9 Å². The van der Waals surface area contributed by atoms with Crippen LogP contribution in [-0.4, -0.2) is 22.0 Å². The summed E-state index contributed by atoms with van der Waals surface area (Å²) in [6, 6.07) is 26.5. The van der Waals surface area contributed by atoms with Crippen molar-refractivity contribution >= 4 is 28.5 Å². The smallest absolute Gasteiger partial charge is 0.251 e. The summed E-state index contributed by atoms with van der Waals surface area (Å²) in [5, 5.41) is 3.62. The summed E-state index contributed by atoms with van der Waals surface area (Å²) >= 11 is 6.14. The zero-order valence-corrected chi connectivity index (χ0v) is 25.9. The van der Waals surface area contributed by atoms with Gasteiger partial charge in [-0.1, -0.05) is 75.0 Å². The molecule has 1 saturated carbocycles. The second-order valence-corrected chi connectivity index (χ2v) is 12.4. The Morgan fingerprint density at radius 3 is 2.48 bits per heavy atom. The fourth-order valence-corrected chi connectivity index (χ4v) is 6.16. The second kappa shape index (κ2) is 13.2. The van der Waals surface area contributed by atoms with E-state index in [-0.39, 0.29) is 18.3 Å². The lowest BCUT2D eigenvalue weighted by Gasteiger charge is -2.25. The Balaban J connectivity index is 1.29. The van der Waals surface area contributed by atoms with E-state index in [1.54, 1.807) is 12.1 Å². The van der Waals surface area contributed by atoms with Crippen molar-refractivity contribution in [2.45, 2.75) is 58.6 Å². The number of rotatable bonds is 9. The number of ether oxygens (including phenoxy) is 1. The van der Waals surface area contributed by atoms with Crippen molar-refractivity contribution in [2.24, 2.45) is 5.92 Å². The van der Waals surface area contributed by atoms with E-state index in [9.17, 15) is 4.79 Å². The lowest BCUT2D eigenvalue weighted by atomic mass is 9.95. The molecule has 0 unspecified atom stereocenters. The molecule has 1 N–H and O–H groups in total. The number of benzene rings is 4. The first-order valence-corrected chi connectivity index (χ1v) is 15.8. The van der Waals surface area contributed by atoms with Crippen LogP contribution in [0.2, 0.25) is 5.02 Å². The summed E-state index contributed by atoms with van der Waals surface area (Å²) in [7, 11) is 0. The first-order chi connectivity index (χ1) is 21.4. The molecule has 0 bridgehead atoms. The highest BCUT2D eigenvalue weighted by atomic mass is 35.5. The topological polar surface area (TPSA) is 56.1 Å². The van der Waals surface area contributed by atoms with Gasteiger partial charge in [0.05, 0.1) is 16.6 Å². The number of nitrogens with one attached hydrogen (secondary N) is 1. The van der Waals surface area contributed by atoms with Gasteiger partial charge >= 0.3 is 0 Å². The fourth-order valence-electron chi connectivity index (χ4n) is 6.04. The number of carbonyl (C=O) groups excluding carboxylic acids is 1. The number of imidazole rings is 1. The molecule has 5 aromatic rings. The standard InChI is InChI=1S/C37H37ClFN3O2/c1-24(2)22-40-37(43)26-14-18-31(25-12-15-28(38)16-13-25)27(20-26)23-44-30-17-19-32(33(39)21-30)36-41-34-10-6-7-11-35(34)42(36)29-8-4-3-5-9-29/h6-7,10-21,24,29H,3-5,8-9,22-23H2,1-2H3,(H,40,43). The van der Waals surface area contributed by atoms with Gasteiger partial charge in [-0.2, -0.15) is 0 Å². The van der Waals surface area contributed by atoms with Gasteiger partial charge in [-0.15, -0.1) is 0 Å². The van der Waals surface area contributed by atoms with Crippen LogP contribution >= 0.6 is 11.6 Å². The number of aromatic nitrogens is 2. The molecule has 0 radical (unpaired) electrons. The summed E-state index contributed by atoms with van der Waals surface area (Å²) in [6.07, 6.45) is 5.72. The van der Waals surface area contributed by atoms with Crippen molar-refractivity contribution in [3.63, 3.8) is 0 Å². The third-order valence-corrected chi connectivity index (χ3v) is 8.56. The summed E-state index contributed by atoms with van der Waals surface area (Å²) < 4.78 is 24.2. The monoisotopic (exact) mass is 609 g/mol. The van der Waals surface area contributed by atoms with Gasteiger partial charge in [0.15, 0.2) is 0 Å². The SMILES string of the molecule is CC(C)CNC(=O)c1ccc(-c2ccc(Cl)cc2)c(COc2ccc(-c3nc4ccccc4n3C3CCCCC3)c(F)c2)c1. The Labute approximate surface area is 263 Å².